The molecule has 1 N–H and O–H groups in total. The number of aliphatic imine (C=N–C) groups is 1. The summed E-state index contributed by atoms with van der Waals surface area (Å²) in [6.45, 7) is 7.91. The molecule has 0 aliphatic carbocycles. The Labute approximate surface area is 166 Å². The van der Waals surface area contributed by atoms with E-state index in [4.69, 9.17) is 19.6 Å². The van der Waals surface area contributed by atoms with E-state index in [1.807, 2.05) is 36.1 Å². The van der Waals surface area contributed by atoms with Crippen LogP contribution in [0.5, 0.6) is 5.75 Å². The number of ether oxygens (including phenoxy) is 2. The van der Waals surface area contributed by atoms with Gasteiger partial charge in [-0.15, -0.1) is 6.58 Å². The highest BCUT2D eigenvalue weighted by atomic mass is 16.5. The summed E-state index contributed by atoms with van der Waals surface area (Å²) in [4.78, 5) is 20.1. The van der Waals surface area contributed by atoms with Gasteiger partial charge in [-0.2, -0.15) is 0 Å². The molecule has 2 aliphatic heterocycles. The number of nitrogens with zero attached hydrogens (tertiary/aromatic N) is 2. The third kappa shape index (κ3) is 4.22. The summed E-state index contributed by atoms with van der Waals surface area (Å²) in [6.07, 6.45) is 5.71. The summed E-state index contributed by atoms with van der Waals surface area (Å²) in [5.74, 6) is 1.26. The molecule has 152 valence electrons. The van der Waals surface area contributed by atoms with Gasteiger partial charge < -0.3 is 19.5 Å². The molecule has 0 aromatic heterocycles. The molecule has 0 bridgehead atoms. The van der Waals surface area contributed by atoms with Gasteiger partial charge in [0.1, 0.15) is 11.9 Å². The first-order valence-corrected chi connectivity index (χ1v) is 10.1. The monoisotopic (exact) mass is 386 g/mol. The first-order valence-electron chi connectivity index (χ1n) is 10.1. The van der Waals surface area contributed by atoms with Crippen LogP contribution in [-0.4, -0.2) is 59.8 Å². The van der Waals surface area contributed by atoms with Crippen LogP contribution in [0.4, 0.5) is 0 Å². The van der Waals surface area contributed by atoms with Crippen molar-refractivity contribution in [1.82, 2.24) is 4.90 Å². The molecule has 6 heteroatoms. The Balaban J connectivity index is 1.80. The highest BCUT2D eigenvalue weighted by Crippen LogP contribution is 2.34. The van der Waals surface area contributed by atoms with Crippen molar-refractivity contribution < 1.29 is 19.4 Å². The van der Waals surface area contributed by atoms with E-state index in [0.29, 0.717) is 25.3 Å². The number of aliphatic hydroxyl groups is 1. The quantitative estimate of drug-likeness (QED) is 0.551. The van der Waals surface area contributed by atoms with Gasteiger partial charge in [0.2, 0.25) is 5.90 Å². The molecular formula is C22H30N2O4. The number of carbonyl (C=O) groups is 1. The molecule has 1 aromatic carbocycles. The van der Waals surface area contributed by atoms with E-state index >= 15 is 0 Å². The largest absolute Gasteiger partial charge is 0.494 e. The minimum atomic E-state index is -0.940. The molecule has 0 unspecified atom stereocenters. The molecule has 0 spiro atoms. The number of piperidine rings is 1. The minimum Gasteiger partial charge on any atom is -0.494 e. The second-order valence-electron chi connectivity index (χ2n) is 7.40. The normalized spacial score (nSPS) is 24.4. The van der Waals surface area contributed by atoms with Crippen molar-refractivity contribution >= 4 is 11.8 Å². The van der Waals surface area contributed by atoms with Gasteiger partial charge in [0, 0.05) is 38.1 Å². The number of carbonyl (C=O) groups excluding carboxylic acids is 1. The van der Waals surface area contributed by atoms with Gasteiger partial charge in [-0.3, -0.25) is 4.79 Å². The zero-order chi connectivity index (χ0) is 20.0. The average molecular weight is 386 g/mol. The van der Waals surface area contributed by atoms with Gasteiger partial charge in [0.25, 0.3) is 5.91 Å². The van der Waals surface area contributed by atoms with E-state index < -0.39 is 5.54 Å². The Morgan fingerprint density at radius 3 is 2.71 bits per heavy atom. The lowest BCUT2D eigenvalue weighted by atomic mass is 9.88. The van der Waals surface area contributed by atoms with E-state index in [-0.39, 0.29) is 18.6 Å². The maximum absolute atomic E-state index is 13.4. The first kappa shape index (κ1) is 20.4. The zero-order valence-electron chi connectivity index (χ0n) is 16.6. The maximum Gasteiger partial charge on any atom is 0.254 e. The molecule has 3 rings (SSSR count). The lowest BCUT2D eigenvalue weighted by Gasteiger charge is -2.35. The second kappa shape index (κ2) is 9.24. The summed E-state index contributed by atoms with van der Waals surface area (Å²) >= 11 is 0. The van der Waals surface area contributed by atoms with Crippen molar-refractivity contribution in [2.75, 3.05) is 26.3 Å². The predicted molar refractivity (Wildman–Crippen MR) is 109 cm³/mol. The highest BCUT2D eigenvalue weighted by molar-refractivity contribution is 6.00. The Morgan fingerprint density at radius 2 is 2.07 bits per heavy atom. The van der Waals surface area contributed by atoms with E-state index in [2.05, 4.69) is 6.58 Å². The third-order valence-electron chi connectivity index (χ3n) is 5.40. The lowest BCUT2D eigenvalue weighted by molar-refractivity contribution is -0.140. The molecule has 1 saturated heterocycles. The molecule has 0 radical (unpaired) electrons. The maximum atomic E-state index is 13.4. The molecule has 2 aliphatic rings. The van der Waals surface area contributed by atoms with E-state index in [1.54, 1.807) is 6.08 Å². The average Bonchev–Trinajstić information content (AvgIpc) is 3.06. The van der Waals surface area contributed by atoms with Gasteiger partial charge >= 0.3 is 0 Å². The fourth-order valence-electron chi connectivity index (χ4n) is 3.76. The summed E-state index contributed by atoms with van der Waals surface area (Å²) < 4.78 is 11.6. The van der Waals surface area contributed by atoms with Crippen LogP contribution in [0, 0.1) is 0 Å². The van der Waals surface area contributed by atoms with Crippen LogP contribution in [-0.2, 0) is 9.53 Å². The summed E-state index contributed by atoms with van der Waals surface area (Å²) in [5.41, 5.74) is -0.121. The van der Waals surface area contributed by atoms with Gasteiger partial charge in [-0.05, 0) is 50.5 Å². The fourth-order valence-corrected chi connectivity index (χ4v) is 3.76. The zero-order valence-corrected chi connectivity index (χ0v) is 16.6. The summed E-state index contributed by atoms with van der Waals surface area (Å²) in [5, 5.41) is 8.84. The van der Waals surface area contributed by atoms with Crippen LogP contribution in [0.1, 0.15) is 44.6 Å². The summed E-state index contributed by atoms with van der Waals surface area (Å²) in [7, 11) is 0. The van der Waals surface area contributed by atoms with Crippen molar-refractivity contribution in [3.05, 3.63) is 42.5 Å². The van der Waals surface area contributed by atoms with Crippen molar-refractivity contribution in [2.24, 2.45) is 4.99 Å². The Morgan fingerprint density at radius 1 is 1.36 bits per heavy atom. The second-order valence-corrected chi connectivity index (χ2v) is 7.40. The van der Waals surface area contributed by atoms with Crippen molar-refractivity contribution in [2.45, 2.75) is 50.7 Å². The van der Waals surface area contributed by atoms with Crippen LogP contribution < -0.4 is 4.74 Å². The smallest absolute Gasteiger partial charge is 0.254 e. The highest BCUT2D eigenvalue weighted by Gasteiger charge is 2.51. The number of aliphatic hydroxyl groups excluding tert-OH is 1. The number of benzene rings is 1. The standard InChI is InChI=1S/C22H30N2O4/c1-3-12-22(21(26)24-13-5-4-6-14-24)17(2)28-20(23-22)18-8-10-19(11-9-18)27-16-7-15-25/h3,8-11,17,25H,1,4-7,12-16H2,2H3/t17-,22-/m1/s1. The van der Waals surface area contributed by atoms with Crippen LogP contribution in [0.3, 0.4) is 0 Å². The molecule has 0 saturated carbocycles. The van der Waals surface area contributed by atoms with E-state index in [1.165, 1.54) is 6.42 Å². The van der Waals surface area contributed by atoms with Gasteiger partial charge in [-0.1, -0.05) is 6.08 Å². The number of amides is 1. The van der Waals surface area contributed by atoms with Crippen molar-refractivity contribution in [3.8, 4) is 5.75 Å². The molecule has 2 atom stereocenters. The Kier molecular flexibility index (Phi) is 6.73. The molecule has 1 amide bonds. The van der Waals surface area contributed by atoms with Crippen LogP contribution in [0.25, 0.3) is 0 Å². The molecule has 2 heterocycles. The molecular weight excluding hydrogens is 356 g/mol. The molecule has 28 heavy (non-hydrogen) atoms. The van der Waals surface area contributed by atoms with Crippen molar-refractivity contribution in [3.63, 3.8) is 0 Å². The number of hydrogen-bond acceptors (Lipinski definition) is 5. The van der Waals surface area contributed by atoms with Crippen LogP contribution in [0.2, 0.25) is 0 Å². The van der Waals surface area contributed by atoms with Gasteiger partial charge in [-0.25, -0.2) is 4.99 Å². The van der Waals surface area contributed by atoms with E-state index in [0.717, 1.165) is 37.2 Å². The molecule has 1 fully saturated rings. The third-order valence-corrected chi connectivity index (χ3v) is 5.40. The van der Waals surface area contributed by atoms with Crippen molar-refractivity contribution in [1.29, 1.82) is 0 Å². The summed E-state index contributed by atoms with van der Waals surface area (Å²) in [6, 6.07) is 7.47. The molecule has 1 aromatic rings. The number of rotatable bonds is 8. The Hall–Kier alpha value is -2.34. The van der Waals surface area contributed by atoms with E-state index in [9.17, 15) is 4.79 Å². The molecule has 6 nitrogen and oxygen atoms in total. The fraction of sp³-hybridized carbons (Fsp3) is 0.545. The topological polar surface area (TPSA) is 71.4 Å². The van der Waals surface area contributed by atoms with Gasteiger partial charge in [0.15, 0.2) is 5.54 Å². The van der Waals surface area contributed by atoms with Crippen LogP contribution in [0.15, 0.2) is 41.9 Å². The number of likely N-dealkylation sites (tertiary alicyclic amines) is 1. The lowest BCUT2D eigenvalue weighted by Crippen LogP contribution is -2.53. The van der Waals surface area contributed by atoms with Crippen LogP contribution >= 0.6 is 0 Å². The first-order chi connectivity index (χ1) is 13.6. The minimum absolute atomic E-state index is 0.0403. The predicted octanol–water partition coefficient (Wildman–Crippen LogP) is 2.94. The Bertz CT molecular complexity index is 710. The SMILES string of the molecule is C=CC[C@@]1(C(=O)N2CCCCC2)N=C(c2ccc(OCCCO)cc2)O[C@@H]1C. The van der Waals surface area contributed by atoms with Gasteiger partial charge in [0.05, 0.1) is 6.61 Å². The number of hydrogen-bond donors (Lipinski definition) is 1.